The molecule has 8 heteroatoms. The van der Waals surface area contributed by atoms with Gasteiger partial charge < -0.3 is 15.5 Å². The van der Waals surface area contributed by atoms with Gasteiger partial charge in [-0.3, -0.25) is 4.79 Å². The zero-order valence-corrected chi connectivity index (χ0v) is 16.3. The Morgan fingerprint density at radius 3 is 2.50 bits per heavy atom. The smallest absolute Gasteiger partial charge is 0.243 e. The van der Waals surface area contributed by atoms with E-state index in [4.69, 9.17) is 0 Å². The molecule has 1 aromatic carbocycles. The number of nitrogens with zero attached hydrogens (tertiary/aromatic N) is 2. The van der Waals surface area contributed by atoms with E-state index < -0.39 is 10.0 Å². The molecule has 2 fully saturated rings. The fourth-order valence-corrected chi connectivity index (χ4v) is 4.94. The second-order valence-corrected chi connectivity index (χ2v) is 9.15. The van der Waals surface area contributed by atoms with Crippen LogP contribution in [0.15, 0.2) is 29.2 Å². The summed E-state index contributed by atoms with van der Waals surface area (Å²) in [6, 6.07) is 6.95. The third kappa shape index (κ3) is 4.09. The Labute approximate surface area is 155 Å². The van der Waals surface area contributed by atoms with Gasteiger partial charge in [0.25, 0.3) is 0 Å². The number of sulfonamides is 1. The van der Waals surface area contributed by atoms with Crippen molar-refractivity contribution in [3.63, 3.8) is 0 Å². The van der Waals surface area contributed by atoms with Gasteiger partial charge in [-0.2, -0.15) is 4.31 Å². The number of piperazine rings is 1. The maximum atomic E-state index is 13.0. The van der Waals surface area contributed by atoms with Crippen molar-refractivity contribution in [1.82, 2.24) is 19.8 Å². The SMILES string of the molecule is CC(C(=O)NCc1ccccc1S(=O)(=O)N1CCN(C)CC1)C1CNC1. The van der Waals surface area contributed by atoms with Crippen LogP contribution in [0.2, 0.25) is 0 Å². The Bertz CT molecular complexity index is 741. The van der Waals surface area contributed by atoms with Crippen LogP contribution in [-0.4, -0.2) is 69.8 Å². The molecule has 2 aliphatic heterocycles. The quantitative estimate of drug-likeness (QED) is 0.731. The van der Waals surface area contributed by atoms with Crippen molar-refractivity contribution in [2.45, 2.75) is 18.4 Å². The molecule has 0 spiro atoms. The van der Waals surface area contributed by atoms with Gasteiger partial charge in [-0.15, -0.1) is 0 Å². The molecule has 0 aromatic heterocycles. The van der Waals surface area contributed by atoms with Crippen LogP contribution >= 0.6 is 0 Å². The highest BCUT2D eigenvalue weighted by Crippen LogP contribution is 2.22. The molecule has 2 N–H and O–H groups in total. The molecule has 0 radical (unpaired) electrons. The molecular formula is C18H28N4O3S. The maximum absolute atomic E-state index is 13.0. The number of hydrogen-bond donors (Lipinski definition) is 2. The first-order valence-electron chi connectivity index (χ1n) is 9.14. The molecule has 144 valence electrons. The first kappa shape index (κ1) is 19.3. The largest absolute Gasteiger partial charge is 0.352 e. The third-order valence-corrected chi connectivity index (χ3v) is 7.44. The van der Waals surface area contributed by atoms with Gasteiger partial charge in [-0.1, -0.05) is 25.1 Å². The van der Waals surface area contributed by atoms with Gasteiger partial charge in [0.05, 0.1) is 4.90 Å². The highest BCUT2D eigenvalue weighted by atomic mass is 32.2. The van der Waals surface area contributed by atoms with E-state index in [0.717, 1.165) is 26.2 Å². The predicted octanol–water partition coefficient (Wildman–Crippen LogP) is 0.0944. The van der Waals surface area contributed by atoms with Gasteiger partial charge in [0.2, 0.25) is 15.9 Å². The Morgan fingerprint density at radius 1 is 1.23 bits per heavy atom. The molecule has 2 saturated heterocycles. The maximum Gasteiger partial charge on any atom is 0.243 e. The number of benzene rings is 1. The van der Waals surface area contributed by atoms with Crippen molar-refractivity contribution in [1.29, 1.82) is 0 Å². The molecule has 0 aliphatic carbocycles. The monoisotopic (exact) mass is 380 g/mol. The molecule has 2 aliphatic rings. The molecule has 3 rings (SSSR count). The summed E-state index contributed by atoms with van der Waals surface area (Å²) in [7, 11) is -1.56. The van der Waals surface area contributed by atoms with Crippen LogP contribution in [-0.2, 0) is 21.4 Å². The van der Waals surface area contributed by atoms with E-state index in [9.17, 15) is 13.2 Å². The summed E-state index contributed by atoms with van der Waals surface area (Å²) >= 11 is 0. The van der Waals surface area contributed by atoms with Crippen molar-refractivity contribution < 1.29 is 13.2 Å². The summed E-state index contributed by atoms with van der Waals surface area (Å²) in [5.41, 5.74) is 0.638. The van der Waals surface area contributed by atoms with E-state index in [1.165, 1.54) is 4.31 Å². The van der Waals surface area contributed by atoms with Crippen molar-refractivity contribution in [2.24, 2.45) is 11.8 Å². The van der Waals surface area contributed by atoms with E-state index in [1.807, 2.05) is 20.0 Å². The number of nitrogens with one attached hydrogen (secondary N) is 2. The minimum atomic E-state index is -3.55. The van der Waals surface area contributed by atoms with Crippen LogP contribution in [0.1, 0.15) is 12.5 Å². The van der Waals surface area contributed by atoms with Crippen molar-refractivity contribution in [3.8, 4) is 0 Å². The molecule has 7 nitrogen and oxygen atoms in total. The standard InChI is InChI=1S/C18H28N4O3S/c1-14(16-11-19-12-16)18(23)20-13-15-5-3-4-6-17(15)26(24,25)22-9-7-21(2)8-10-22/h3-6,14,16,19H,7-13H2,1-2H3,(H,20,23). The first-order chi connectivity index (χ1) is 12.4. The fraction of sp³-hybridized carbons (Fsp3) is 0.611. The molecule has 1 atom stereocenters. The molecule has 0 saturated carbocycles. The topological polar surface area (TPSA) is 81.8 Å². The number of carbonyl (C=O) groups is 1. The van der Waals surface area contributed by atoms with E-state index >= 15 is 0 Å². The van der Waals surface area contributed by atoms with Gasteiger partial charge in [-0.25, -0.2) is 8.42 Å². The third-order valence-electron chi connectivity index (χ3n) is 5.44. The Balaban J connectivity index is 1.70. The van der Waals surface area contributed by atoms with Gasteiger partial charge >= 0.3 is 0 Å². The molecule has 1 unspecified atom stereocenters. The highest BCUT2D eigenvalue weighted by molar-refractivity contribution is 7.89. The summed E-state index contributed by atoms with van der Waals surface area (Å²) in [5, 5.41) is 6.08. The van der Waals surface area contributed by atoms with E-state index in [2.05, 4.69) is 15.5 Å². The normalized spacial score (nSPS) is 21.2. The number of amides is 1. The highest BCUT2D eigenvalue weighted by Gasteiger charge is 2.31. The lowest BCUT2D eigenvalue weighted by Gasteiger charge is -2.32. The minimum absolute atomic E-state index is 0.0247. The zero-order valence-electron chi connectivity index (χ0n) is 15.4. The van der Waals surface area contributed by atoms with Crippen LogP contribution in [0.25, 0.3) is 0 Å². The summed E-state index contributed by atoms with van der Waals surface area (Å²) < 4.78 is 27.6. The second-order valence-electron chi connectivity index (χ2n) is 7.24. The summed E-state index contributed by atoms with van der Waals surface area (Å²) in [6.45, 7) is 6.32. The molecule has 1 aromatic rings. The average molecular weight is 381 g/mol. The number of rotatable bonds is 6. The number of carbonyl (C=O) groups excluding carboxylic acids is 1. The Hall–Kier alpha value is -1.48. The lowest BCUT2D eigenvalue weighted by Crippen LogP contribution is -2.49. The lowest BCUT2D eigenvalue weighted by molar-refractivity contribution is -0.126. The van der Waals surface area contributed by atoms with Gasteiger partial charge in [0.1, 0.15) is 0 Å². The van der Waals surface area contributed by atoms with Crippen LogP contribution in [0.4, 0.5) is 0 Å². The van der Waals surface area contributed by atoms with E-state index in [-0.39, 0.29) is 18.4 Å². The van der Waals surface area contributed by atoms with Crippen molar-refractivity contribution in [2.75, 3.05) is 46.3 Å². The number of likely N-dealkylation sites (N-methyl/N-ethyl adjacent to an activating group) is 1. The van der Waals surface area contributed by atoms with Gasteiger partial charge in [0, 0.05) is 38.6 Å². The van der Waals surface area contributed by atoms with Crippen LogP contribution in [0, 0.1) is 11.8 Å². The molecule has 1 amide bonds. The Morgan fingerprint density at radius 2 is 1.88 bits per heavy atom. The zero-order chi connectivity index (χ0) is 18.7. The summed E-state index contributed by atoms with van der Waals surface area (Å²) in [4.78, 5) is 14.8. The predicted molar refractivity (Wildman–Crippen MR) is 100 cm³/mol. The lowest BCUT2D eigenvalue weighted by atomic mass is 9.88. The van der Waals surface area contributed by atoms with Crippen LogP contribution < -0.4 is 10.6 Å². The van der Waals surface area contributed by atoms with Crippen LogP contribution in [0.3, 0.4) is 0 Å². The first-order valence-corrected chi connectivity index (χ1v) is 10.6. The number of hydrogen-bond acceptors (Lipinski definition) is 5. The second kappa shape index (κ2) is 8.04. The minimum Gasteiger partial charge on any atom is -0.352 e. The van der Waals surface area contributed by atoms with Crippen molar-refractivity contribution >= 4 is 15.9 Å². The summed E-state index contributed by atoms with van der Waals surface area (Å²) in [6.07, 6.45) is 0. The fourth-order valence-electron chi connectivity index (χ4n) is 3.29. The van der Waals surface area contributed by atoms with E-state index in [1.54, 1.807) is 18.2 Å². The molecule has 0 bridgehead atoms. The van der Waals surface area contributed by atoms with Gasteiger partial charge in [0.15, 0.2) is 0 Å². The molecular weight excluding hydrogens is 352 g/mol. The molecule has 2 heterocycles. The van der Waals surface area contributed by atoms with E-state index in [0.29, 0.717) is 29.5 Å². The van der Waals surface area contributed by atoms with Gasteiger partial charge in [-0.05, 0) is 37.7 Å². The summed E-state index contributed by atoms with van der Waals surface area (Å²) in [5.74, 6) is 0.264. The van der Waals surface area contributed by atoms with Crippen LogP contribution in [0.5, 0.6) is 0 Å². The van der Waals surface area contributed by atoms with Crippen molar-refractivity contribution in [3.05, 3.63) is 29.8 Å². The molecule has 26 heavy (non-hydrogen) atoms. The Kier molecular flexibility index (Phi) is 5.96. The average Bonchev–Trinajstić information content (AvgIpc) is 2.58.